The Kier molecular flexibility index (Phi) is 4.19. The third kappa shape index (κ3) is 3.67. The van der Waals surface area contributed by atoms with Crippen LogP contribution in [0.5, 0.6) is 0 Å². The van der Waals surface area contributed by atoms with Crippen LogP contribution >= 0.6 is 15.9 Å². The van der Waals surface area contributed by atoms with Gasteiger partial charge in [-0.05, 0) is 30.7 Å². The Bertz CT molecular complexity index is 736. The van der Waals surface area contributed by atoms with Gasteiger partial charge in [0.15, 0.2) is 0 Å². The molecular weight excluding hydrogens is 326 g/mol. The van der Waals surface area contributed by atoms with Crippen molar-refractivity contribution in [3.05, 3.63) is 60.8 Å². The smallest absolute Gasteiger partial charge is 0.325 e. The molecule has 1 aromatic heterocycles. The van der Waals surface area contributed by atoms with Crippen molar-refractivity contribution in [1.29, 1.82) is 0 Å². The zero-order chi connectivity index (χ0) is 14.7. The monoisotopic (exact) mass is 337 g/mol. The predicted octanol–water partition coefficient (Wildman–Crippen LogP) is 1.32. The van der Waals surface area contributed by atoms with E-state index in [1.165, 1.54) is 6.07 Å². The fraction of sp³-hybridized carbons (Fsp3) is 0.154. The zero-order valence-electron chi connectivity index (χ0n) is 10.6. The number of anilines is 1. The Hall–Kier alpha value is -2.15. The highest BCUT2D eigenvalue weighted by atomic mass is 79.9. The normalized spacial score (nSPS) is 10.3. The molecule has 0 saturated carbocycles. The van der Waals surface area contributed by atoms with Crippen LogP contribution in [0.25, 0.3) is 0 Å². The molecule has 20 heavy (non-hydrogen) atoms. The van der Waals surface area contributed by atoms with Gasteiger partial charge in [0.2, 0.25) is 5.91 Å². The van der Waals surface area contributed by atoms with Crippen molar-refractivity contribution < 1.29 is 4.79 Å². The summed E-state index contributed by atoms with van der Waals surface area (Å²) in [5, 5.41) is 2.70. The first-order chi connectivity index (χ1) is 9.44. The van der Waals surface area contributed by atoms with Gasteiger partial charge < -0.3 is 10.3 Å². The Morgan fingerprint density at radius 2 is 2.00 bits per heavy atom. The minimum absolute atomic E-state index is 0.0751. The van der Waals surface area contributed by atoms with Crippen LogP contribution in [0, 0.1) is 6.92 Å². The van der Waals surface area contributed by atoms with Crippen molar-refractivity contribution in [2.45, 2.75) is 13.3 Å². The van der Waals surface area contributed by atoms with Crippen LogP contribution in [0.1, 0.15) is 11.3 Å². The molecule has 3 N–H and O–H groups in total. The van der Waals surface area contributed by atoms with Crippen LogP contribution in [0.4, 0.5) is 5.69 Å². The standard InChI is InChI=1S/C13H12BrN3O3/c1-7-4-8(2-3-10(7)14)15-11(18)5-9-6-12(19)17-13(20)16-9/h2-4,6H,5H2,1H3,(H,15,18)(H2,16,17,19,20). The average Bonchev–Trinajstić information content (AvgIpc) is 2.32. The van der Waals surface area contributed by atoms with Crippen LogP contribution < -0.4 is 16.6 Å². The molecule has 0 unspecified atom stereocenters. The lowest BCUT2D eigenvalue weighted by Gasteiger charge is -2.07. The van der Waals surface area contributed by atoms with E-state index in [1.54, 1.807) is 6.07 Å². The lowest BCUT2D eigenvalue weighted by Crippen LogP contribution is -2.25. The number of carbonyl (C=O) groups is 1. The largest absolute Gasteiger partial charge is 0.326 e. The van der Waals surface area contributed by atoms with E-state index in [9.17, 15) is 14.4 Å². The Balaban J connectivity index is 2.10. The van der Waals surface area contributed by atoms with Gasteiger partial charge in [-0.2, -0.15) is 0 Å². The average molecular weight is 338 g/mol. The van der Waals surface area contributed by atoms with E-state index >= 15 is 0 Å². The predicted molar refractivity (Wildman–Crippen MR) is 78.9 cm³/mol. The summed E-state index contributed by atoms with van der Waals surface area (Å²) in [5.74, 6) is -0.312. The number of benzene rings is 1. The minimum Gasteiger partial charge on any atom is -0.326 e. The number of nitrogens with one attached hydrogen (secondary N) is 3. The number of aromatic nitrogens is 2. The summed E-state index contributed by atoms with van der Waals surface area (Å²) in [6.45, 7) is 1.91. The van der Waals surface area contributed by atoms with Crippen LogP contribution in [0.15, 0.2) is 38.3 Å². The molecule has 1 amide bonds. The Morgan fingerprint density at radius 3 is 2.65 bits per heavy atom. The minimum atomic E-state index is -0.625. The molecule has 0 saturated heterocycles. The van der Waals surface area contributed by atoms with E-state index in [0.29, 0.717) is 5.69 Å². The molecule has 0 aliphatic heterocycles. The van der Waals surface area contributed by atoms with Gasteiger partial charge in [0.1, 0.15) is 0 Å². The van der Waals surface area contributed by atoms with E-state index in [1.807, 2.05) is 24.0 Å². The second-order valence-electron chi connectivity index (χ2n) is 4.30. The molecule has 2 aromatic rings. The highest BCUT2D eigenvalue weighted by molar-refractivity contribution is 9.10. The topological polar surface area (TPSA) is 94.8 Å². The van der Waals surface area contributed by atoms with Crippen molar-refractivity contribution in [1.82, 2.24) is 9.97 Å². The van der Waals surface area contributed by atoms with Gasteiger partial charge >= 0.3 is 5.69 Å². The van der Waals surface area contributed by atoms with E-state index in [4.69, 9.17) is 0 Å². The maximum absolute atomic E-state index is 11.8. The summed E-state index contributed by atoms with van der Waals surface area (Å²) in [4.78, 5) is 38.5. The van der Waals surface area contributed by atoms with Gasteiger partial charge in [-0.15, -0.1) is 0 Å². The Morgan fingerprint density at radius 1 is 1.25 bits per heavy atom. The van der Waals surface area contributed by atoms with Crippen LogP contribution in [-0.2, 0) is 11.2 Å². The molecule has 0 aliphatic rings. The quantitative estimate of drug-likeness (QED) is 0.788. The maximum atomic E-state index is 11.8. The second-order valence-corrected chi connectivity index (χ2v) is 5.16. The van der Waals surface area contributed by atoms with Crippen molar-refractivity contribution in [3.8, 4) is 0 Å². The number of carbonyl (C=O) groups excluding carboxylic acids is 1. The summed E-state index contributed by atoms with van der Waals surface area (Å²) < 4.78 is 0.953. The van der Waals surface area contributed by atoms with E-state index < -0.39 is 11.2 Å². The zero-order valence-corrected chi connectivity index (χ0v) is 12.2. The van der Waals surface area contributed by atoms with Gasteiger partial charge in [-0.1, -0.05) is 15.9 Å². The number of rotatable bonds is 3. The highest BCUT2D eigenvalue weighted by Gasteiger charge is 2.06. The number of aromatic amines is 2. The molecule has 1 heterocycles. The molecule has 0 atom stereocenters. The van der Waals surface area contributed by atoms with Crippen LogP contribution in [0.3, 0.4) is 0 Å². The molecule has 0 aliphatic carbocycles. The number of H-pyrrole nitrogens is 2. The van der Waals surface area contributed by atoms with Crippen LogP contribution in [-0.4, -0.2) is 15.9 Å². The first kappa shape index (κ1) is 14.3. The van der Waals surface area contributed by atoms with Crippen molar-refractivity contribution >= 4 is 27.5 Å². The highest BCUT2D eigenvalue weighted by Crippen LogP contribution is 2.19. The Labute approximate surface area is 122 Å². The number of halogens is 1. The molecule has 6 nitrogen and oxygen atoms in total. The van der Waals surface area contributed by atoms with Gasteiger partial charge in [0, 0.05) is 21.9 Å². The SMILES string of the molecule is Cc1cc(NC(=O)Cc2cc(=O)[nH]c(=O)[nH]2)ccc1Br. The summed E-state index contributed by atoms with van der Waals surface area (Å²) >= 11 is 3.37. The van der Waals surface area contributed by atoms with Gasteiger partial charge in [-0.3, -0.25) is 14.6 Å². The summed E-state index contributed by atoms with van der Waals surface area (Å²) in [6, 6.07) is 6.60. The number of hydrogen-bond donors (Lipinski definition) is 3. The lowest BCUT2D eigenvalue weighted by atomic mass is 10.2. The molecule has 0 spiro atoms. The fourth-order valence-electron chi connectivity index (χ4n) is 1.72. The molecule has 0 radical (unpaired) electrons. The van der Waals surface area contributed by atoms with Gasteiger partial charge in [0.05, 0.1) is 6.42 Å². The second kappa shape index (κ2) is 5.87. The molecule has 0 bridgehead atoms. The molecule has 1 aromatic carbocycles. The molecule has 2 rings (SSSR count). The summed E-state index contributed by atoms with van der Waals surface area (Å²) in [6.07, 6.45) is -0.0751. The number of aryl methyl sites for hydroxylation is 1. The lowest BCUT2D eigenvalue weighted by molar-refractivity contribution is -0.115. The van der Waals surface area contributed by atoms with Gasteiger partial charge in [0.25, 0.3) is 5.56 Å². The third-order valence-electron chi connectivity index (χ3n) is 2.61. The first-order valence-electron chi connectivity index (χ1n) is 5.82. The summed E-state index contributed by atoms with van der Waals surface area (Å²) in [7, 11) is 0. The fourth-order valence-corrected chi connectivity index (χ4v) is 1.96. The van der Waals surface area contributed by atoms with E-state index in [0.717, 1.165) is 10.0 Å². The van der Waals surface area contributed by atoms with E-state index in [2.05, 4.69) is 26.2 Å². The molecular formula is C13H12BrN3O3. The molecule has 7 heteroatoms. The summed E-state index contributed by atoms with van der Waals surface area (Å²) in [5.41, 5.74) is 0.760. The first-order valence-corrected chi connectivity index (χ1v) is 6.62. The van der Waals surface area contributed by atoms with Crippen LogP contribution in [0.2, 0.25) is 0 Å². The molecule has 0 fully saturated rings. The number of amides is 1. The van der Waals surface area contributed by atoms with Crippen molar-refractivity contribution in [2.24, 2.45) is 0 Å². The van der Waals surface area contributed by atoms with Gasteiger partial charge in [-0.25, -0.2) is 4.79 Å². The number of hydrogen-bond acceptors (Lipinski definition) is 3. The maximum Gasteiger partial charge on any atom is 0.325 e. The molecule has 104 valence electrons. The van der Waals surface area contributed by atoms with Crippen molar-refractivity contribution in [2.75, 3.05) is 5.32 Å². The third-order valence-corrected chi connectivity index (χ3v) is 3.50. The van der Waals surface area contributed by atoms with E-state index in [-0.39, 0.29) is 18.0 Å². The van der Waals surface area contributed by atoms with Crippen molar-refractivity contribution in [3.63, 3.8) is 0 Å².